The summed E-state index contributed by atoms with van der Waals surface area (Å²) < 4.78 is 10.2. The van der Waals surface area contributed by atoms with Crippen molar-refractivity contribution in [1.29, 1.82) is 0 Å². The Morgan fingerprint density at radius 3 is 2.40 bits per heavy atom. The Morgan fingerprint density at radius 2 is 1.95 bits per heavy atom. The van der Waals surface area contributed by atoms with Crippen LogP contribution in [0, 0.1) is 0 Å². The van der Waals surface area contributed by atoms with Gasteiger partial charge in [0.05, 0.1) is 19.8 Å². The minimum absolute atomic E-state index is 0.263. The molecular weight excluding hydrogens is 262 g/mol. The topological polar surface area (TPSA) is 84.9 Å². The van der Waals surface area contributed by atoms with Crippen LogP contribution < -0.4 is 14.8 Å². The summed E-state index contributed by atoms with van der Waals surface area (Å²) in [6, 6.07) is 4.82. The number of methoxy groups -OCH3 is 2. The second kappa shape index (κ2) is 5.40. The van der Waals surface area contributed by atoms with Crippen LogP contribution in [-0.2, 0) is 4.79 Å². The first kappa shape index (κ1) is 14.2. The molecule has 2 N–H and O–H groups in total. The fraction of sp³-hybridized carbons (Fsp3) is 0.429. The van der Waals surface area contributed by atoms with E-state index in [4.69, 9.17) is 9.47 Å². The minimum atomic E-state index is -1.15. The van der Waals surface area contributed by atoms with Crippen molar-refractivity contribution in [1.82, 2.24) is 5.32 Å². The van der Waals surface area contributed by atoms with Gasteiger partial charge in [0.25, 0.3) is 5.91 Å². The number of aliphatic carboxylic acids is 1. The third-order valence-electron chi connectivity index (χ3n) is 3.62. The molecule has 20 heavy (non-hydrogen) atoms. The molecule has 1 aromatic rings. The summed E-state index contributed by atoms with van der Waals surface area (Å²) in [5, 5.41) is 11.8. The van der Waals surface area contributed by atoms with Crippen molar-refractivity contribution in [3.8, 4) is 11.5 Å². The van der Waals surface area contributed by atoms with E-state index >= 15 is 0 Å². The van der Waals surface area contributed by atoms with Crippen LogP contribution in [0.15, 0.2) is 18.2 Å². The van der Waals surface area contributed by atoms with Crippen molar-refractivity contribution in [3.63, 3.8) is 0 Å². The minimum Gasteiger partial charge on any atom is -0.497 e. The molecule has 1 saturated carbocycles. The van der Waals surface area contributed by atoms with E-state index in [1.54, 1.807) is 12.1 Å². The first-order valence-corrected chi connectivity index (χ1v) is 6.30. The maximum atomic E-state index is 12.3. The largest absolute Gasteiger partial charge is 0.497 e. The average molecular weight is 279 g/mol. The molecule has 0 unspecified atom stereocenters. The second-order valence-electron chi connectivity index (χ2n) is 4.76. The van der Waals surface area contributed by atoms with Crippen molar-refractivity contribution in [3.05, 3.63) is 23.8 Å². The summed E-state index contributed by atoms with van der Waals surface area (Å²) in [7, 11) is 2.95. The lowest BCUT2D eigenvalue weighted by atomic mass is 9.76. The number of carbonyl (C=O) groups excluding carboxylic acids is 1. The summed E-state index contributed by atoms with van der Waals surface area (Å²) in [6.07, 6.45) is 1.68. The van der Waals surface area contributed by atoms with Crippen LogP contribution in [0.1, 0.15) is 29.6 Å². The second-order valence-corrected chi connectivity index (χ2v) is 4.76. The molecule has 6 nitrogen and oxygen atoms in total. The predicted octanol–water partition coefficient (Wildman–Crippen LogP) is 1.44. The molecule has 1 aromatic carbocycles. The van der Waals surface area contributed by atoms with Gasteiger partial charge in [-0.1, -0.05) is 0 Å². The fourth-order valence-electron chi connectivity index (χ4n) is 2.20. The van der Waals surface area contributed by atoms with Crippen LogP contribution in [0.2, 0.25) is 0 Å². The van der Waals surface area contributed by atoms with Gasteiger partial charge in [0.2, 0.25) is 0 Å². The molecule has 1 fully saturated rings. The van der Waals surface area contributed by atoms with Gasteiger partial charge in [0, 0.05) is 0 Å². The van der Waals surface area contributed by atoms with E-state index in [0.29, 0.717) is 24.3 Å². The van der Waals surface area contributed by atoms with Gasteiger partial charge in [-0.15, -0.1) is 0 Å². The molecule has 108 valence electrons. The molecule has 1 aliphatic rings. The lowest BCUT2D eigenvalue weighted by Crippen LogP contribution is -2.59. The maximum absolute atomic E-state index is 12.3. The van der Waals surface area contributed by atoms with E-state index in [-0.39, 0.29) is 5.56 Å². The van der Waals surface area contributed by atoms with Gasteiger partial charge < -0.3 is 19.9 Å². The van der Waals surface area contributed by atoms with Crippen molar-refractivity contribution in [2.45, 2.75) is 24.8 Å². The van der Waals surface area contributed by atoms with E-state index in [9.17, 15) is 14.7 Å². The molecule has 0 heterocycles. The number of carboxylic acid groups (broad SMARTS) is 1. The lowest BCUT2D eigenvalue weighted by Gasteiger charge is -2.38. The van der Waals surface area contributed by atoms with Crippen molar-refractivity contribution in [2.24, 2.45) is 0 Å². The highest BCUT2D eigenvalue weighted by atomic mass is 16.5. The van der Waals surface area contributed by atoms with Crippen LogP contribution in [0.3, 0.4) is 0 Å². The van der Waals surface area contributed by atoms with Gasteiger partial charge in [-0.3, -0.25) is 4.79 Å². The molecule has 1 aliphatic carbocycles. The SMILES string of the molecule is COc1ccc(OC)c(C(=O)NC2(C(=O)O)CCC2)c1. The number of carboxylic acids is 1. The van der Waals surface area contributed by atoms with Crippen LogP contribution in [-0.4, -0.2) is 36.7 Å². The Balaban J connectivity index is 2.26. The predicted molar refractivity (Wildman–Crippen MR) is 71.2 cm³/mol. The van der Waals surface area contributed by atoms with Crippen LogP contribution in [0.5, 0.6) is 11.5 Å². The summed E-state index contributed by atoms with van der Waals surface area (Å²) in [5.41, 5.74) is -0.884. The summed E-state index contributed by atoms with van der Waals surface area (Å²) >= 11 is 0. The van der Waals surface area contributed by atoms with E-state index < -0.39 is 17.4 Å². The van der Waals surface area contributed by atoms with Gasteiger partial charge in [-0.2, -0.15) is 0 Å². The lowest BCUT2D eigenvalue weighted by molar-refractivity contribution is -0.148. The number of ether oxygens (including phenoxy) is 2. The Bertz CT molecular complexity index is 536. The highest BCUT2D eigenvalue weighted by Gasteiger charge is 2.46. The Labute approximate surface area is 116 Å². The number of rotatable bonds is 5. The highest BCUT2D eigenvalue weighted by molar-refractivity contribution is 6.00. The quantitative estimate of drug-likeness (QED) is 0.852. The van der Waals surface area contributed by atoms with Crippen LogP contribution in [0.4, 0.5) is 0 Å². The number of benzene rings is 1. The van der Waals surface area contributed by atoms with Crippen LogP contribution in [0.25, 0.3) is 0 Å². The molecule has 0 radical (unpaired) electrons. The fourth-order valence-corrected chi connectivity index (χ4v) is 2.20. The first-order valence-electron chi connectivity index (χ1n) is 6.30. The third-order valence-corrected chi connectivity index (χ3v) is 3.62. The van der Waals surface area contributed by atoms with Crippen molar-refractivity contribution < 1.29 is 24.2 Å². The Kier molecular flexibility index (Phi) is 3.83. The molecule has 2 rings (SSSR count). The highest BCUT2D eigenvalue weighted by Crippen LogP contribution is 2.33. The monoisotopic (exact) mass is 279 g/mol. The van der Waals surface area contributed by atoms with Gasteiger partial charge in [-0.05, 0) is 37.5 Å². The molecule has 0 saturated heterocycles. The first-order chi connectivity index (χ1) is 9.52. The van der Waals surface area contributed by atoms with E-state index in [1.165, 1.54) is 20.3 Å². The molecular formula is C14H17NO5. The zero-order valence-corrected chi connectivity index (χ0v) is 11.4. The molecule has 0 atom stereocenters. The zero-order chi connectivity index (χ0) is 14.8. The Hall–Kier alpha value is -2.24. The zero-order valence-electron chi connectivity index (χ0n) is 11.4. The Morgan fingerprint density at radius 1 is 1.25 bits per heavy atom. The average Bonchev–Trinajstić information content (AvgIpc) is 2.41. The molecule has 0 spiro atoms. The normalized spacial score (nSPS) is 15.9. The smallest absolute Gasteiger partial charge is 0.329 e. The number of nitrogens with one attached hydrogen (secondary N) is 1. The van der Waals surface area contributed by atoms with Crippen LogP contribution >= 0.6 is 0 Å². The van der Waals surface area contributed by atoms with Gasteiger partial charge in [0.1, 0.15) is 17.0 Å². The molecule has 0 aliphatic heterocycles. The molecule has 0 aromatic heterocycles. The molecule has 6 heteroatoms. The number of hydrogen-bond donors (Lipinski definition) is 2. The number of amides is 1. The summed E-state index contributed by atoms with van der Waals surface area (Å²) in [4.78, 5) is 23.6. The van der Waals surface area contributed by atoms with Gasteiger partial charge in [-0.25, -0.2) is 4.79 Å². The summed E-state index contributed by atoms with van der Waals surface area (Å²) in [5.74, 6) is -0.584. The van der Waals surface area contributed by atoms with E-state index in [1.807, 2.05) is 0 Å². The van der Waals surface area contributed by atoms with Gasteiger partial charge in [0.15, 0.2) is 0 Å². The third kappa shape index (κ3) is 2.41. The van der Waals surface area contributed by atoms with Gasteiger partial charge >= 0.3 is 5.97 Å². The standard InChI is InChI=1S/C14H17NO5/c1-19-9-4-5-11(20-2)10(8-9)12(16)15-14(13(17)18)6-3-7-14/h4-5,8H,3,6-7H2,1-2H3,(H,15,16)(H,17,18). The molecule has 0 bridgehead atoms. The number of carbonyl (C=O) groups is 2. The maximum Gasteiger partial charge on any atom is 0.329 e. The van der Waals surface area contributed by atoms with E-state index in [2.05, 4.69) is 5.32 Å². The van der Waals surface area contributed by atoms with Crippen molar-refractivity contribution in [2.75, 3.05) is 14.2 Å². The number of hydrogen-bond acceptors (Lipinski definition) is 4. The summed E-state index contributed by atoms with van der Waals surface area (Å²) in [6.45, 7) is 0. The van der Waals surface area contributed by atoms with Crippen molar-refractivity contribution >= 4 is 11.9 Å². The van der Waals surface area contributed by atoms with E-state index in [0.717, 1.165) is 6.42 Å². The molecule has 1 amide bonds.